The monoisotopic (exact) mass is 335 g/mol. The van der Waals surface area contributed by atoms with Crippen molar-refractivity contribution < 1.29 is 17.6 Å². The van der Waals surface area contributed by atoms with Gasteiger partial charge in [0.1, 0.15) is 11.8 Å². The predicted molar refractivity (Wildman–Crippen MR) is 64.8 cm³/mol. The van der Waals surface area contributed by atoms with Gasteiger partial charge in [-0.05, 0) is 34.1 Å². The Kier molecular flexibility index (Phi) is 3.93. The lowest BCUT2D eigenvalue weighted by molar-refractivity contribution is -0.138. The largest absolute Gasteiger partial charge is 0.452 e. The molecule has 4 nitrogen and oxygen atoms in total. The third kappa shape index (κ3) is 2.96. The van der Waals surface area contributed by atoms with Gasteiger partial charge in [0.05, 0.1) is 5.56 Å². The molecule has 0 aromatic carbocycles. The van der Waals surface area contributed by atoms with Crippen molar-refractivity contribution in [3.63, 3.8) is 0 Å². The number of furan rings is 1. The Balaban J connectivity index is 2.50. The molecule has 19 heavy (non-hydrogen) atoms. The van der Waals surface area contributed by atoms with Crippen molar-refractivity contribution in [2.45, 2.75) is 12.2 Å². The molecule has 0 saturated carbocycles. The molecule has 0 spiro atoms. The fourth-order valence-electron chi connectivity index (χ4n) is 1.70. The number of hydrogen-bond donors (Lipinski definition) is 2. The molecule has 0 aliphatic carbocycles. The van der Waals surface area contributed by atoms with Gasteiger partial charge in [-0.3, -0.25) is 10.8 Å². The van der Waals surface area contributed by atoms with E-state index in [1.54, 1.807) is 6.07 Å². The molecule has 2 heterocycles. The Morgan fingerprint density at radius 3 is 2.58 bits per heavy atom. The minimum atomic E-state index is -4.49. The van der Waals surface area contributed by atoms with E-state index in [4.69, 9.17) is 10.3 Å². The lowest BCUT2D eigenvalue weighted by atomic mass is 10.0. The molecule has 2 aromatic heterocycles. The van der Waals surface area contributed by atoms with Crippen LogP contribution in [0.5, 0.6) is 0 Å². The van der Waals surface area contributed by atoms with Gasteiger partial charge < -0.3 is 4.42 Å². The van der Waals surface area contributed by atoms with E-state index in [9.17, 15) is 13.2 Å². The molecule has 102 valence electrons. The molecule has 1 atom stereocenters. The third-order valence-electron chi connectivity index (χ3n) is 2.51. The summed E-state index contributed by atoms with van der Waals surface area (Å²) in [5, 5.41) is 0. The number of nitrogens with zero attached hydrogens (tertiary/aromatic N) is 1. The summed E-state index contributed by atoms with van der Waals surface area (Å²) in [4.78, 5) is 3.71. The SMILES string of the molecule is NNC(c1ccc(Br)o1)c1cnccc1C(F)(F)F. The van der Waals surface area contributed by atoms with Crippen LogP contribution in [0.25, 0.3) is 0 Å². The van der Waals surface area contributed by atoms with E-state index < -0.39 is 17.8 Å². The standard InChI is InChI=1S/C11H9BrF3N3O/c12-9-2-1-8(19-9)10(18-16)6-5-17-4-3-7(6)11(13,14)15/h1-5,10,18H,16H2. The molecule has 2 aromatic rings. The van der Waals surface area contributed by atoms with Crippen LogP contribution in [0.1, 0.15) is 22.9 Å². The summed E-state index contributed by atoms with van der Waals surface area (Å²) in [6, 6.07) is 3.07. The highest BCUT2D eigenvalue weighted by molar-refractivity contribution is 9.10. The molecule has 8 heteroatoms. The van der Waals surface area contributed by atoms with Crippen LogP contribution in [-0.4, -0.2) is 4.98 Å². The summed E-state index contributed by atoms with van der Waals surface area (Å²) in [5.74, 6) is 5.60. The third-order valence-corrected chi connectivity index (χ3v) is 2.94. The molecule has 0 radical (unpaired) electrons. The summed E-state index contributed by atoms with van der Waals surface area (Å²) < 4.78 is 44.4. The van der Waals surface area contributed by atoms with Crippen LogP contribution >= 0.6 is 15.9 Å². The normalized spacial score (nSPS) is 13.5. The lowest BCUT2D eigenvalue weighted by Crippen LogP contribution is -2.30. The number of hydrazine groups is 1. The van der Waals surface area contributed by atoms with Crippen molar-refractivity contribution >= 4 is 15.9 Å². The number of rotatable bonds is 3. The second-order valence-corrected chi connectivity index (χ2v) is 4.48. The van der Waals surface area contributed by atoms with E-state index in [1.165, 1.54) is 6.07 Å². The van der Waals surface area contributed by atoms with Gasteiger partial charge in [-0.15, -0.1) is 0 Å². The molecular formula is C11H9BrF3N3O. The highest BCUT2D eigenvalue weighted by atomic mass is 79.9. The Morgan fingerprint density at radius 1 is 1.32 bits per heavy atom. The van der Waals surface area contributed by atoms with Gasteiger partial charge in [0.15, 0.2) is 4.67 Å². The Labute approximate surface area is 114 Å². The van der Waals surface area contributed by atoms with Crippen LogP contribution < -0.4 is 11.3 Å². The zero-order valence-electron chi connectivity index (χ0n) is 9.41. The number of pyridine rings is 1. The first kappa shape index (κ1) is 14.0. The van der Waals surface area contributed by atoms with Crippen molar-refractivity contribution in [3.8, 4) is 0 Å². The maximum Gasteiger partial charge on any atom is 0.416 e. The molecule has 0 aliphatic heterocycles. The van der Waals surface area contributed by atoms with E-state index in [-0.39, 0.29) is 11.3 Å². The molecule has 0 amide bonds. The molecule has 0 fully saturated rings. The minimum absolute atomic E-state index is 0.0978. The van der Waals surface area contributed by atoms with E-state index >= 15 is 0 Å². The quantitative estimate of drug-likeness (QED) is 0.668. The zero-order chi connectivity index (χ0) is 14.0. The Hall–Kier alpha value is -1.38. The second kappa shape index (κ2) is 5.32. The average Bonchev–Trinajstić information content (AvgIpc) is 2.76. The first-order valence-electron chi connectivity index (χ1n) is 5.16. The number of aromatic nitrogens is 1. The lowest BCUT2D eigenvalue weighted by Gasteiger charge is -2.18. The predicted octanol–water partition coefficient (Wildman–Crippen LogP) is 3.01. The fraction of sp³-hybridized carbons (Fsp3) is 0.182. The van der Waals surface area contributed by atoms with Crippen molar-refractivity contribution in [1.29, 1.82) is 0 Å². The van der Waals surface area contributed by atoms with Crippen LogP contribution in [0, 0.1) is 0 Å². The number of nitrogens with two attached hydrogens (primary N) is 1. The number of alkyl halides is 3. The summed E-state index contributed by atoms with van der Waals surface area (Å²) in [6.45, 7) is 0. The first-order chi connectivity index (χ1) is 8.93. The van der Waals surface area contributed by atoms with Crippen LogP contribution in [0.3, 0.4) is 0 Å². The average molecular weight is 336 g/mol. The number of nitrogens with one attached hydrogen (secondary N) is 1. The van der Waals surface area contributed by atoms with Gasteiger partial charge in [0.2, 0.25) is 0 Å². The highest BCUT2D eigenvalue weighted by Gasteiger charge is 2.36. The molecule has 0 bridgehead atoms. The molecule has 2 rings (SSSR count). The van der Waals surface area contributed by atoms with Crippen LogP contribution in [0.15, 0.2) is 39.7 Å². The minimum Gasteiger partial charge on any atom is -0.452 e. The first-order valence-corrected chi connectivity index (χ1v) is 5.95. The van der Waals surface area contributed by atoms with Crippen LogP contribution in [0.4, 0.5) is 13.2 Å². The number of halogens is 4. The zero-order valence-corrected chi connectivity index (χ0v) is 11.0. The van der Waals surface area contributed by atoms with Gasteiger partial charge in [0.25, 0.3) is 0 Å². The van der Waals surface area contributed by atoms with Gasteiger partial charge in [-0.25, -0.2) is 5.43 Å². The summed E-state index contributed by atoms with van der Waals surface area (Å²) in [5.41, 5.74) is 1.40. The molecule has 3 N–H and O–H groups in total. The van der Waals surface area contributed by atoms with Crippen molar-refractivity contribution in [2.24, 2.45) is 5.84 Å². The molecule has 0 aliphatic rings. The maximum absolute atomic E-state index is 12.9. The Morgan fingerprint density at radius 2 is 2.05 bits per heavy atom. The summed E-state index contributed by atoms with van der Waals surface area (Å²) in [6.07, 6.45) is -2.29. The van der Waals surface area contributed by atoms with E-state index in [2.05, 4.69) is 26.3 Å². The van der Waals surface area contributed by atoms with Crippen LogP contribution in [0.2, 0.25) is 0 Å². The van der Waals surface area contributed by atoms with Gasteiger partial charge in [0, 0.05) is 18.0 Å². The second-order valence-electron chi connectivity index (χ2n) is 3.70. The Bertz CT molecular complexity index is 570. The number of hydrogen-bond acceptors (Lipinski definition) is 4. The maximum atomic E-state index is 12.9. The molecular weight excluding hydrogens is 327 g/mol. The van der Waals surface area contributed by atoms with Crippen molar-refractivity contribution in [2.75, 3.05) is 0 Å². The highest BCUT2D eigenvalue weighted by Crippen LogP contribution is 2.36. The molecule has 0 saturated heterocycles. The van der Waals surface area contributed by atoms with E-state index in [0.717, 1.165) is 18.5 Å². The van der Waals surface area contributed by atoms with Crippen molar-refractivity contribution in [3.05, 3.63) is 52.1 Å². The molecule has 1 unspecified atom stereocenters. The van der Waals surface area contributed by atoms with Gasteiger partial charge >= 0.3 is 6.18 Å². The topological polar surface area (TPSA) is 64.1 Å². The van der Waals surface area contributed by atoms with Crippen LogP contribution in [-0.2, 0) is 6.18 Å². The van der Waals surface area contributed by atoms with E-state index in [1.807, 2.05) is 0 Å². The smallest absolute Gasteiger partial charge is 0.416 e. The van der Waals surface area contributed by atoms with Gasteiger partial charge in [-0.1, -0.05) is 0 Å². The fourth-order valence-corrected chi connectivity index (χ4v) is 2.02. The summed E-state index contributed by atoms with van der Waals surface area (Å²) in [7, 11) is 0. The van der Waals surface area contributed by atoms with Crippen molar-refractivity contribution in [1.82, 2.24) is 10.4 Å². The summed E-state index contributed by atoms with van der Waals surface area (Å²) >= 11 is 3.09. The van der Waals surface area contributed by atoms with E-state index in [0.29, 0.717) is 4.67 Å². The van der Waals surface area contributed by atoms with Gasteiger partial charge in [-0.2, -0.15) is 13.2 Å².